The van der Waals surface area contributed by atoms with Crippen LogP contribution in [-0.2, 0) is 38.1 Å². The van der Waals surface area contributed by atoms with Gasteiger partial charge < -0.3 is 18.9 Å². The average molecular weight is 505 g/mol. The van der Waals surface area contributed by atoms with Crippen LogP contribution in [0.1, 0.15) is 91.4 Å². The van der Waals surface area contributed by atoms with Crippen LogP contribution in [-0.4, -0.2) is 48.3 Å². The highest BCUT2D eigenvalue weighted by Gasteiger charge is 2.70. The van der Waals surface area contributed by atoms with Gasteiger partial charge in [0.15, 0.2) is 6.61 Å². The Hall–Kier alpha value is -2.12. The number of rotatable bonds is 8. The second kappa shape index (κ2) is 9.64. The van der Waals surface area contributed by atoms with Crippen LogP contribution in [0.5, 0.6) is 0 Å². The van der Waals surface area contributed by atoms with Crippen molar-refractivity contribution in [3.8, 4) is 0 Å². The minimum absolute atomic E-state index is 0.145. The van der Waals surface area contributed by atoms with Crippen molar-refractivity contribution in [1.82, 2.24) is 0 Å². The van der Waals surface area contributed by atoms with Gasteiger partial charge in [0.2, 0.25) is 0 Å². The van der Waals surface area contributed by atoms with E-state index in [1.165, 1.54) is 19.3 Å². The molecule has 0 aromatic heterocycles. The normalized spacial score (nSPS) is 34.9. The third kappa shape index (κ3) is 4.32. The lowest BCUT2D eigenvalue weighted by Gasteiger charge is -2.41. The summed E-state index contributed by atoms with van der Waals surface area (Å²) in [5.74, 6) is -3.11. The molecule has 1 heterocycles. The minimum Gasteiger partial charge on any atom is -0.459 e. The summed E-state index contributed by atoms with van der Waals surface area (Å²) in [5.41, 5.74) is -1.11. The van der Waals surface area contributed by atoms with Crippen LogP contribution in [0.2, 0.25) is 0 Å². The Bertz CT molecular complexity index is 897. The SMILES string of the molecule is CCC(C)(C)C(=O)OCC(=O)OC1C2CC3C1OC(=O)C3C2C(=O)OC1(C2CCCCC2)CCCC1. The molecule has 0 radical (unpaired) electrons. The van der Waals surface area contributed by atoms with Gasteiger partial charge in [0.05, 0.1) is 17.3 Å². The van der Waals surface area contributed by atoms with Gasteiger partial charge in [-0.1, -0.05) is 26.2 Å². The summed E-state index contributed by atoms with van der Waals surface area (Å²) in [5, 5.41) is 0. The summed E-state index contributed by atoms with van der Waals surface area (Å²) < 4.78 is 22.9. The number of hydrogen-bond acceptors (Lipinski definition) is 8. The fourth-order valence-corrected chi connectivity index (χ4v) is 7.58. The van der Waals surface area contributed by atoms with Crippen molar-refractivity contribution in [2.24, 2.45) is 35.0 Å². The van der Waals surface area contributed by atoms with E-state index < -0.39 is 53.6 Å². The van der Waals surface area contributed by atoms with Crippen LogP contribution >= 0.6 is 0 Å². The molecule has 5 rings (SSSR count). The predicted molar refractivity (Wildman–Crippen MR) is 127 cm³/mol. The molecule has 1 saturated heterocycles. The fraction of sp³-hybridized carbons (Fsp3) is 0.857. The van der Waals surface area contributed by atoms with Crippen LogP contribution in [0.15, 0.2) is 0 Å². The third-order valence-corrected chi connectivity index (χ3v) is 9.95. The van der Waals surface area contributed by atoms with Crippen LogP contribution in [0.3, 0.4) is 0 Å². The number of carbonyl (C=O) groups is 4. The quantitative estimate of drug-likeness (QED) is 0.359. The van der Waals surface area contributed by atoms with E-state index >= 15 is 0 Å². The zero-order valence-electron chi connectivity index (χ0n) is 21.8. The topological polar surface area (TPSA) is 105 Å². The largest absolute Gasteiger partial charge is 0.459 e. The van der Waals surface area contributed by atoms with Gasteiger partial charge in [0.1, 0.15) is 17.8 Å². The lowest BCUT2D eigenvalue weighted by molar-refractivity contribution is -0.182. The van der Waals surface area contributed by atoms with Crippen molar-refractivity contribution < 1.29 is 38.1 Å². The highest BCUT2D eigenvalue weighted by molar-refractivity contribution is 5.86. The number of ether oxygens (including phenoxy) is 4. The van der Waals surface area contributed by atoms with Crippen molar-refractivity contribution in [2.45, 2.75) is 109 Å². The Morgan fingerprint density at radius 3 is 2.39 bits per heavy atom. The van der Waals surface area contributed by atoms with Crippen molar-refractivity contribution in [3.63, 3.8) is 0 Å². The van der Waals surface area contributed by atoms with E-state index in [2.05, 4.69) is 0 Å². The Morgan fingerprint density at radius 2 is 1.72 bits per heavy atom. The maximum absolute atomic E-state index is 13.7. The molecule has 1 aliphatic heterocycles. The van der Waals surface area contributed by atoms with Gasteiger partial charge in [0.25, 0.3) is 0 Å². The first-order valence-electron chi connectivity index (χ1n) is 14.0. The molecule has 0 amide bonds. The van der Waals surface area contributed by atoms with Gasteiger partial charge >= 0.3 is 23.9 Å². The van der Waals surface area contributed by atoms with Crippen LogP contribution in [0, 0.1) is 35.0 Å². The molecule has 8 heteroatoms. The van der Waals surface area contributed by atoms with E-state index in [0.717, 1.165) is 38.5 Å². The van der Waals surface area contributed by atoms with Crippen molar-refractivity contribution in [2.75, 3.05) is 6.61 Å². The Labute approximate surface area is 213 Å². The number of hydrogen-bond donors (Lipinski definition) is 0. The smallest absolute Gasteiger partial charge is 0.344 e. The van der Waals surface area contributed by atoms with Crippen LogP contribution < -0.4 is 0 Å². The third-order valence-electron chi connectivity index (χ3n) is 9.95. The van der Waals surface area contributed by atoms with Crippen molar-refractivity contribution in [1.29, 1.82) is 0 Å². The fourth-order valence-electron chi connectivity index (χ4n) is 7.58. The first-order valence-corrected chi connectivity index (χ1v) is 14.0. The van der Waals surface area contributed by atoms with Crippen LogP contribution in [0.25, 0.3) is 0 Å². The predicted octanol–water partition coefficient (Wildman–Crippen LogP) is 4.12. The first kappa shape index (κ1) is 25.5. The molecule has 200 valence electrons. The van der Waals surface area contributed by atoms with Gasteiger partial charge in [-0.2, -0.15) is 0 Å². The lowest BCUT2D eigenvalue weighted by Crippen LogP contribution is -2.48. The number of esters is 4. The molecule has 0 N–H and O–H groups in total. The van der Waals surface area contributed by atoms with E-state index in [4.69, 9.17) is 18.9 Å². The molecule has 5 fully saturated rings. The zero-order chi connectivity index (χ0) is 25.7. The monoisotopic (exact) mass is 504 g/mol. The zero-order valence-corrected chi connectivity index (χ0v) is 21.8. The van der Waals surface area contributed by atoms with Gasteiger partial charge in [0, 0.05) is 11.8 Å². The van der Waals surface area contributed by atoms with Gasteiger partial charge in [-0.3, -0.25) is 14.4 Å². The molecule has 0 aromatic carbocycles. The van der Waals surface area contributed by atoms with E-state index in [1.54, 1.807) is 13.8 Å². The Balaban J connectivity index is 1.27. The summed E-state index contributed by atoms with van der Waals surface area (Å²) in [6, 6.07) is 0. The number of carbonyl (C=O) groups excluding carboxylic acids is 4. The molecule has 5 aliphatic rings. The Kier molecular flexibility index (Phi) is 6.83. The summed E-state index contributed by atoms with van der Waals surface area (Å²) in [4.78, 5) is 51.3. The summed E-state index contributed by atoms with van der Waals surface area (Å²) >= 11 is 0. The first-order chi connectivity index (χ1) is 17.2. The molecule has 4 saturated carbocycles. The molecule has 2 bridgehead atoms. The molecule has 6 atom stereocenters. The van der Waals surface area contributed by atoms with Crippen LogP contribution in [0.4, 0.5) is 0 Å². The van der Waals surface area contributed by atoms with Gasteiger partial charge in [-0.15, -0.1) is 0 Å². The second-order valence-corrected chi connectivity index (χ2v) is 12.3. The maximum atomic E-state index is 13.7. The Morgan fingerprint density at radius 1 is 1.03 bits per heavy atom. The standard InChI is InChI=1S/C28H40O8/c1-4-27(2,3)26(32)33-15-19(29)34-22-18-14-17-20(24(30)35-23(17)22)21(18)25(31)36-28(12-8-9-13-28)16-10-6-5-7-11-16/h16-18,20-23H,4-15H2,1-3H3. The molecule has 36 heavy (non-hydrogen) atoms. The van der Waals surface area contributed by atoms with Gasteiger partial charge in [-0.05, 0) is 71.1 Å². The summed E-state index contributed by atoms with van der Waals surface area (Å²) in [6.07, 6.45) is 9.58. The van der Waals surface area contributed by atoms with Gasteiger partial charge in [-0.25, -0.2) is 4.79 Å². The molecule has 4 aliphatic carbocycles. The molecular weight excluding hydrogens is 464 g/mol. The molecule has 0 aromatic rings. The maximum Gasteiger partial charge on any atom is 0.344 e. The average Bonchev–Trinajstić information content (AvgIpc) is 3.62. The highest BCUT2D eigenvalue weighted by atomic mass is 16.6. The molecule has 0 spiro atoms. The van der Waals surface area contributed by atoms with E-state index in [9.17, 15) is 19.2 Å². The van der Waals surface area contributed by atoms with E-state index in [-0.39, 0.29) is 23.8 Å². The molecule has 6 unspecified atom stereocenters. The van der Waals surface area contributed by atoms with E-state index in [1.807, 2.05) is 6.92 Å². The second-order valence-electron chi connectivity index (χ2n) is 12.3. The highest BCUT2D eigenvalue weighted by Crippen LogP contribution is 2.59. The molecule has 8 nitrogen and oxygen atoms in total. The van der Waals surface area contributed by atoms with E-state index in [0.29, 0.717) is 18.8 Å². The minimum atomic E-state index is -0.713. The number of fused-ring (bicyclic) bond motifs is 1. The lowest BCUT2D eigenvalue weighted by atomic mass is 9.75. The molecular formula is C28H40O8. The summed E-state index contributed by atoms with van der Waals surface area (Å²) in [6.45, 7) is 4.90. The van der Waals surface area contributed by atoms with Crippen molar-refractivity contribution in [3.05, 3.63) is 0 Å². The van der Waals surface area contributed by atoms with Crippen molar-refractivity contribution >= 4 is 23.9 Å². The summed E-state index contributed by atoms with van der Waals surface area (Å²) in [7, 11) is 0.